The van der Waals surface area contributed by atoms with Crippen molar-refractivity contribution in [2.45, 2.75) is 6.54 Å². The van der Waals surface area contributed by atoms with Crippen LogP contribution in [0.5, 0.6) is 5.75 Å². The van der Waals surface area contributed by atoms with E-state index in [1.165, 1.54) is 29.9 Å². The quantitative estimate of drug-likeness (QED) is 0.929. The minimum Gasteiger partial charge on any atom is -0.496 e. The number of rotatable bonds is 4. The molecule has 0 fully saturated rings. The maximum atomic E-state index is 11.9. The first-order valence-corrected chi connectivity index (χ1v) is 6.58. The Kier molecular flexibility index (Phi) is 4.24. The van der Waals surface area contributed by atoms with Gasteiger partial charge in [0, 0.05) is 16.1 Å². The lowest BCUT2D eigenvalue weighted by molar-refractivity contribution is 0.0684. The minimum absolute atomic E-state index is 0.0560. The number of hydrogen-bond donors (Lipinski definition) is 1. The van der Waals surface area contributed by atoms with E-state index in [1.54, 1.807) is 12.1 Å². The first kappa shape index (κ1) is 14.3. The molecule has 0 unspecified atom stereocenters. The van der Waals surface area contributed by atoms with E-state index < -0.39 is 5.97 Å². The lowest BCUT2D eigenvalue weighted by Crippen LogP contribution is -2.25. The predicted octanol–water partition coefficient (Wildman–Crippen LogP) is 2.37. The van der Waals surface area contributed by atoms with Gasteiger partial charge in [-0.1, -0.05) is 22.0 Å². The molecule has 2 aromatic rings. The molecule has 0 saturated heterocycles. The summed E-state index contributed by atoms with van der Waals surface area (Å²) in [4.78, 5) is 23.1. The third kappa shape index (κ3) is 2.91. The summed E-state index contributed by atoms with van der Waals surface area (Å²) in [6, 6.07) is 9.53. The van der Waals surface area contributed by atoms with Gasteiger partial charge in [-0.25, -0.2) is 4.79 Å². The molecule has 20 heavy (non-hydrogen) atoms. The number of pyridine rings is 1. The number of hydrogen-bond acceptors (Lipinski definition) is 3. The van der Waals surface area contributed by atoms with E-state index in [4.69, 9.17) is 9.84 Å². The Hall–Kier alpha value is -2.08. The number of nitrogens with zero attached hydrogens (tertiary/aromatic N) is 1. The van der Waals surface area contributed by atoms with Crippen LogP contribution in [0.2, 0.25) is 0 Å². The Morgan fingerprint density at radius 3 is 2.75 bits per heavy atom. The molecule has 104 valence electrons. The highest BCUT2D eigenvalue weighted by atomic mass is 79.9. The van der Waals surface area contributed by atoms with Gasteiger partial charge in [0.1, 0.15) is 11.4 Å². The van der Waals surface area contributed by atoms with Gasteiger partial charge in [-0.15, -0.1) is 0 Å². The van der Waals surface area contributed by atoms with Crippen LogP contribution in [0, 0.1) is 0 Å². The second-order valence-corrected chi connectivity index (χ2v) is 5.01. The Morgan fingerprint density at radius 2 is 2.10 bits per heavy atom. The van der Waals surface area contributed by atoms with Crippen LogP contribution in [0.15, 0.2) is 45.7 Å². The maximum absolute atomic E-state index is 11.9. The number of ether oxygens (including phenoxy) is 1. The smallest absolute Gasteiger partial charge is 0.352 e. The maximum Gasteiger partial charge on any atom is 0.352 e. The third-order valence-electron chi connectivity index (χ3n) is 2.84. The van der Waals surface area contributed by atoms with Gasteiger partial charge in [0.2, 0.25) is 0 Å². The molecular weight excluding hydrogens is 326 g/mol. The minimum atomic E-state index is -1.14. The lowest BCUT2D eigenvalue weighted by Gasteiger charge is -2.13. The highest BCUT2D eigenvalue weighted by Crippen LogP contribution is 2.23. The van der Waals surface area contributed by atoms with Gasteiger partial charge in [-0.2, -0.15) is 0 Å². The Balaban J connectivity index is 2.53. The van der Waals surface area contributed by atoms with Gasteiger partial charge in [-0.3, -0.25) is 9.36 Å². The number of aromatic nitrogens is 1. The fourth-order valence-electron chi connectivity index (χ4n) is 1.91. The second kappa shape index (κ2) is 5.92. The van der Waals surface area contributed by atoms with Crippen molar-refractivity contribution in [3.8, 4) is 5.75 Å². The molecule has 0 aliphatic heterocycles. The number of carboxylic acids is 1. The third-order valence-corrected chi connectivity index (χ3v) is 3.33. The summed E-state index contributed by atoms with van der Waals surface area (Å²) in [6.45, 7) is 0.129. The van der Waals surface area contributed by atoms with Crippen molar-refractivity contribution in [2.24, 2.45) is 0 Å². The molecule has 1 N–H and O–H groups in total. The fraction of sp³-hybridized carbons (Fsp3) is 0.143. The summed E-state index contributed by atoms with van der Waals surface area (Å²) < 4.78 is 7.26. The molecule has 1 aromatic heterocycles. The standard InChI is InChI=1S/C14H12BrNO4/c1-20-12-6-5-10(15)7-9(12)8-16-11(14(18)19)3-2-4-13(16)17/h2-7H,8H2,1H3,(H,18,19). The zero-order valence-electron chi connectivity index (χ0n) is 10.7. The van der Waals surface area contributed by atoms with Crippen molar-refractivity contribution in [3.05, 3.63) is 62.5 Å². The van der Waals surface area contributed by atoms with Crippen molar-refractivity contribution in [2.75, 3.05) is 7.11 Å². The first-order valence-electron chi connectivity index (χ1n) is 5.78. The van der Waals surface area contributed by atoms with Crippen LogP contribution in [0.1, 0.15) is 16.1 Å². The fourth-order valence-corrected chi connectivity index (χ4v) is 2.32. The van der Waals surface area contributed by atoms with Gasteiger partial charge in [0.15, 0.2) is 0 Å². The van der Waals surface area contributed by atoms with Crippen LogP contribution in [-0.4, -0.2) is 22.8 Å². The highest BCUT2D eigenvalue weighted by Gasteiger charge is 2.13. The van der Waals surface area contributed by atoms with Crippen LogP contribution in [0.25, 0.3) is 0 Å². The molecule has 0 aliphatic carbocycles. The van der Waals surface area contributed by atoms with Gasteiger partial charge in [-0.05, 0) is 24.3 Å². The van der Waals surface area contributed by atoms with E-state index in [9.17, 15) is 9.59 Å². The number of halogens is 1. The van der Waals surface area contributed by atoms with Crippen molar-refractivity contribution < 1.29 is 14.6 Å². The molecular formula is C14H12BrNO4. The monoisotopic (exact) mass is 337 g/mol. The van der Waals surface area contributed by atoms with Crippen LogP contribution in [-0.2, 0) is 6.54 Å². The molecule has 0 spiro atoms. The molecule has 0 saturated carbocycles. The average molecular weight is 338 g/mol. The molecule has 5 nitrogen and oxygen atoms in total. The number of benzene rings is 1. The highest BCUT2D eigenvalue weighted by molar-refractivity contribution is 9.10. The Bertz CT molecular complexity index is 709. The molecule has 1 heterocycles. The zero-order chi connectivity index (χ0) is 14.7. The Labute approximate surface area is 123 Å². The molecule has 6 heteroatoms. The molecule has 1 aromatic carbocycles. The summed E-state index contributed by atoms with van der Waals surface area (Å²) in [5.41, 5.74) is 0.295. The second-order valence-electron chi connectivity index (χ2n) is 4.10. The van der Waals surface area contributed by atoms with E-state index in [1.807, 2.05) is 6.07 Å². The molecule has 0 aliphatic rings. The molecule has 0 amide bonds. The average Bonchev–Trinajstić information content (AvgIpc) is 2.41. The van der Waals surface area contributed by atoms with Gasteiger partial charge < -0.3 is 9.84 Å². The van der Waals surface area contributed by atoms with E-state index >= 15 is 0 Å². The summed E-state index contributed by atoms with van der Waals surface area (Å²) in [7, 11) is 1.53. The summed E-state index contributed by atoms with van der Waals surface area (Å²) in [6.07, 6.45) is 0. The lowest BCUT2D eigenvalue weighted by atomic mass is 10.2. The van der Waals surface area contributed by atoms with E-state index in [2.05, 4.69) is 15.9 Å². The molecule has 2 rings (SSSR count). The van der Waals surface area contributed by atoms with Crippen LogP contribution in [0.3, 0.4) is 0 Å². The topological polar surface area (TPSA) is 68.5 Å². The van der Waals surface area contributed by atoms with Crippen LogP contribution in [0.4, 0.5) is 0 Å². The predicted molar refractivity (Wildman–Crippen MR) is 77.5 cm³/mol. The van der Waals surface area contributed by atoms with Crippen molar-refractivity contribution in [1.82, 2.24) is 4.57 Å². The van der Waals surface area contributed by atoms with Crippen molar-refractivity contribution >= 4 is 21.9 Å². The molecule has 0 atom stereocenters. The van der Waals surface area contributed by atoms with Crippen molar-refractivity contribution in [1.29, 1.82) is 0 Å². The summed E-state index contributed by atoms with van der Waals surface area (Å²) >= 11 is 3.35. The summed E-state index contributed by atoms with van der Waals surface area (Å²) in [5.74, 6) is -0.544. The van der Waals surface area contributed by atoms with Crippen molar-refractivity contribution in [3.63, 3.8) is 0 Å². The van der Waals surface area contributed by atoms with E-state index in [0.29, 0.717) is 5.75 Å². The van der Waals surface area contributed by atoms with Gasteiger partial charge >= 0.3 is 5.97 Å². The van der Waals surface area contributed by atoms with Crippen LogP contribution >= 0.6 is 15.9 Å². The normalized spacial score (nSPS) is 10.3. The van der Waals surface area contributed by atoms with E-state index in [0.717, 1.165) is 10.0 Å². The van der Waals surface area contributed by atoms with Gasteiger partial charge in [0.25, 0.3) is 5.56 Å². The SMILES string of the molecule is COc1ccc(Br)cc1Cn1c(C(=O)O)cccc1=O. The Morgan fingerprint density at radius 1 is 1.35 bits per heavy atom. The number of carboxylic acid groups (broad SMARTS) is 1. The van der Waals surface area contributed by atoms with Gasteiger partial charge in [0.05, 0.1) is 13.7 Å². The zero-order valence-corrected chi connectivity index (χ0v) is 12.3. The number of carbonyl (C=O) groups is 1. The van der Waals surface area contributed by atoms with E-state index in [-0.39, 0.29) is 17.8 Å². The first-order chi connectivity index (χ1) is 9.52. The number of aromatic carboxylic acids is 1. The summed E-state index contributed by atoms with van der Waals surface area (Å²) in [5, 5.41) is 9.15. The molecule has 0 radical (unpaired) electrons. The number of methoxy groups -OCH3 is 1. The molecule has 0 bridgehead atoms. The largest absolute Gasteiger partial charge is 0.496 e. The van der Waals surface area contributed by atoms with Crippen LogP contribution < -0.4 is 10.3 Å².